The van der Waals surface area contributed by atoms with Crippen LogP contribution in [0, 0.1) is 0 Å². The standard InChI is InChI=1S/C12H17N3O2/c1-13-12(17)14-11(16)9-15(2)8-10-6-4-3-5-7-10/h3-7H,8-9H2,1-2H3,(H2,13,14,16,17). The summed E-state index contributed by atoms with van der Waals surface area (Å²) in [6.45, 7) is 0.852. The van der Waals surface area contributed by atoms with Gasteiger partial charge in [-0.3, -0.25) is 15.0 Å². The average Bonchev–Trinajstić information content (AvgIpc) is 2.29. The monoisotopic (exact) mass is 235 g/mol. The zero-order valence-electron chi connectivity index (χ0n) is 10.1. The number of amides is 3. The zero-order valence-corrected chi connectivity index (χ0v) is 10.1. The Morgan fingerprint density at radius 2 is 1.88 bits per heavy atom. The van der Waals surface area contributed by atoms with E-state index in [-0.39, 0.29) is 12.5 Å². The highest BCUT2D eigenvalue weighted by molar-refractivity contribution is 5.95. The van der Waals surface area contributed by atoms with Gasteiger partial charge in [0.2, 0.25) is 5.91 Å². The zero-order chi connectivity index (χ0) is 12.7. The van der Waals surface area contributed by atoms with E-state index in [1.165, 1.54) is 7.05 Å². The van der Waals surface area contributed by atoms with Crippen LogP contribution in [0.5, 0.6) is 0 Å². The van der Waals surface area contributed by atoms with E-state index >= 15 is 0 Å². The molecule has 2 N–H and O–H groups in total. The van der Waals surface area contributed by atoms with Crippen molar-refractivity contribution in [2.45, 2.75) is 6.54 Å². The molecule has 1 aromatic carbocycles. The molecule has 17 heavy (non-hydrogen) atoms. The van der Waals surface area contributed by atoms with Crippen LogP contribution in [0.1, 0.15) is 5.56 Å². The van der Waals surface area contributed by atoms with Gasteiger partial charge in [-0.15, -0.1) is 0 Å². The van der Waals surface area contributed by atoms with Crippen LogP contribution in [-0.2, 0) is 11.3 Å². The van der Waals surface area contributed by atoms with Crippen LogP contribution in [0.15, 0.2) is 30.3 Å². The Morgan fingerprint density at radius 3 is 2.47 bits per heavy atom. The first kappa shape index (κ1) is 13.2. The van der Waals surface area contributed by atoms with Crippen molar-refractivity contribution in [1.82, 2.24) is 15.5 Å². The first-order chi connectivity index (χ1) is 8.11. The fourth-order valence-corrected chi connectivity index (χ4v) is 1.42. The number of imide groups is 1. The van der Waals surface area contributed by atoms with E-state index in [0.29, 0.717) is 6.54 Å². The molecule has 5 heteroatoms. The van der Waals surface area contributed by atoms with Gasteiger partial charge in [-0.2, -0.15) is 0 Å². The molecule has 0 aliphatic carbocycles. The van der Waals surface area contributed by atoms with Gasteiger partial charge in [-0.05, 0) is 12.6 Å². The summed E-state index contributed by atoms with van der Waals surface area (Å²) < 4.78 is 0. The topological polar surface area (TPSA) is 61.4 Å². The number of likely N-dealkylation sites (N-methyl/N-ethyl adjacent to an activating group) is 1. The molecule has 0 bridgehead atoms. The van der Waals surface area contributed by atoms with Gasteiger partial charge in [-0.25, -0.2) is 4.79 Å². The number of nitrogens with zero attached hydrogens (tertiary/aromatic N) is 1. The van der Waals surface area contributed by atoms with E-state index in [9.17, 15) is 9.59 Å². The molecule has 0 radical (unpaired) electrons. The maximum atomic E-state index is 11.4. The summed E-state index contributed by atoms with van der Waals surface area (Å²) in [6.07, 6.45) is 0. The Morgan fingerprint density at radius 1 is 1.24 bits per heavy atom. The van der Waals surface area contributed by atoms with E-state index in [1.54, 1.807) is 0 Å². The maximum Gasteiger partial charge on any atom is 0.321 e. The third-order valence-corrected chi connectivity index (χ3v) is 2.19. The first-order valence-electron chi connectivity index (χ1n) is 5.36. The molecule has 92 valence electrons. The Hall–Kier alpha value is -1.88. The molecule has 0 aromatic heterocycles. The summed E-state index contributed by atoms with van der Waals surface area (Å²) in [5, 5.41) is 4.55. The van der Waals surface area contributed by atoms with E-state index in [4.69, 9.17) is 0 Å². The van der Waals surface area contributed by atoms with Gasteiger partial charge >= 0.3 is 6.03 Å². The van der Waals surface area contributed by atoms with E-state index in [0.717, 1.165) is 5.56 Å². The summed E-state index contributed by atoms with van der Waals surface area (Å²) in [6, 6.07) is 9.35. The van der Waals surface area contributed by atoms with Crippen LogP contribution in [-0.4, -0.2) is 37.5 Å². The fourth-order valence-electron chi connectivity index (χ4n) is 1.42. The molecule has 0 aliphatic rings. The van der Waals surface area contributed by atoms with Crippen molar-refractivity contribution in [1.29, 1.82) is 0 Å². The van der Waals surface area contributed by atoms with Crippen LogP contribution in [0.25, 0.3) is 0 Å². The Balaban J connectivity index is 2.37. The summed E-state index contributed by atoms with van der Waals surface area (Å²) >= 11 is 0. The van der Waals surface area contributed by atoms with E-state index in [1.807, 2.05) is 42.3 Å². The molecule has 3 amide bonds. The van der Waals surface area contributed by atoms with Gasteiger partial charge in [0.25, 0.3) is 0 Å². The molecular formula is C12H17N3O2. The van der Waals surface area contributed by atoms with Gasteiger partial charge in [0, 0.05) is 13.6 Å². The van der Waals surface area contributed by atoms with Gasteiger partial charge in [0.05, 0.1) is 6.54 Å². The molecule has 0 aliphatic heterocycles. The second-order valence-corrected chi connectivity index (χ2v) is 3.79. The van der Waals surface area contributed by atoms with Crippen LogP contribution < -0.4 is 10.6 Å². The maximum absolute atomic E-state index is 11.4. The van der Waals surface area contributed by atoms with Crippen LogP contribution in [0.4, 0.5) is 4.79 Å². The van der Waals surface area contributed by atoms with Gasteiger partial charge in [0.1, 0.15) is 0 Å². The third-order valence-electron chi connectivity index (χ3n) is 2.19. The summed E-state index contributed by atoms with van der Waals surface area (Å²) in [7, 11) is 3.30. The number of carbonyl (C=O) groups is 2. The normalized spacial score (nSPS) is 10.1. The first-order valence-corrected chi connectivity index (χ1v) is 5.36. The number of rotatable bonds is 4. The third kappa shape index (κ3) is 5.12. The number of hydrogen-bond acceptors (Lipinski definition) is 3. The highest BCUT2D eigenvalue weighted by Gasteiger charge is 2.09. The lowest BCUT2D eigenvalue weighted by atomic mass is 10.2. The molecule has 0 heterocycles. The summed E-state index contributed by atoms with van der Waals surface area (Å²) in [5.41, 5.74) is 1.13. The van der Waals surface area contributed by atoms with Crippen molar-refractivity contribution < 1.29 is 9.59 Å². The molecule has 0 spiro atoms. The highest BCUT2D eigenvalue weighted by atomic mass is 16.2. The predicted molar refractivity (Wildman–Crippen MR) is 65.4 cm³/mol. The Labute approximate surface area is 101 Å². The fraction of sp³-hybridized carbons (Fsp3) is 0.333. The molecule has 1 rings (SSSR count). The molecule has 0 fully saturated rings. The lowest BCUT2D eigenvalue weighted by molar-refractivity contribution is -0.120. The summed E-state index contributed by atoms with van der Waals surface area (Å²) in [4.78, 5) is 24.1. The van der Waals surface area contributed by atoms with Crippen molar-refractivity contribution in [3.63, 3.8) is 0 Å². The lowest BCUT2D eigenvalue weighted by Gasteiger charge is -2.15. The minimum Gasteiger partial charge on any atom is -0.341 e. The minimum atomic E-state index is -0.483. The molecule has 0 atom stereocenters. The highest BCUT2D eigenvalue weighted by Crippen LogP contribution is 2.01. The van der Waals surface area contributed by atoms with Crippen LogP contribution in [0.2, 0.25) is 0 Å². The quantitative estimate of drug-likeness (QED) is 0.802. The smallest absolute Gasteiger partial charge is 0.321 e. The Kier molecular flexibility index (Phi) is 5.16. The van der Waals surface area contributed by atoms with Crippen molar-refractivity contribution in [2.75, 3.05) is 20.6 Å². The lowest BCUT2D eigenvalue weighted by Crippen LogP contribution is -2.42. The van der Waals surface area contributed by atoms with Gasteiger partial charge in [-0.1, -0.05) is 30.3 Å². The van der Waals surface area contributed by atoms with Crippen molar-refractivity contribution in [3.05, 3.63) is 35.9 Å². The van der Waals surface area contributed by atoms with Crippen LogP contribution in [0.3, 0.4) is 0 Å². The number of nitrogens with one attached hydrogen (secondary N) is 2. The average molecular weight is 235 g/mol. The number of hydrogen-bond donors (Lipinski definition) is 2. The van der Waals surface area contributed by atoms with Crippen molar-refractivity contribution in [2.24, 2.45) is 0 Å². The van der Waals surface area contributed by atoms with Gasteiger partial charge in [0.15, 0.2) is 0 Å². The van der Waals surface area contributed by atoms with Gasteiger partial charge < -0.3 is 5.32 Å². The largest absolute Gasteiger partial charge is 0.341 e. The number of carbonyl (C=O) groups excluding carboxylic acids is 2. The minimum absolute atomic E-state index is 0.183. The second-order valence-electron chi connectivity index (χ2n) is 3.79. The molecule has 0 saturated carbocycles. The number of urea groups is 1. The SMILES string of the molecule is CNC(=O)NC(=O)CN(C)Cc1ccccc1. The molecule has 5 nitrogen and oxygen atoms in total. The number of benzene rings is 1. The van der Waals surface area contributed by atoms with E-state index < -0.39 is 6.03 Å². The molecular weight excluding hydrogens is 218 g/mol. The Bertz CT molecular complexity index is 379. The second kappa shape index (κ2) is 6.65. The van der Waals surface area contributed by atoms with Crippen LogP contribution >= 0.6 is 0 Å². The molecule has 0 unspecified atom stereocenters. The van der Waals surface area contributed by atoms with E-state index in [2.05, 4.69) is 10.6 Å². The molecule has 0 saturated heterocycles. The van der Waals surface area contributed by atoms with Crippen molar-refractivity contribution >= 4 is 11.9 Å². The predicted octanol–water partition coefficient (Wildman–Crippen LogP) is 0.574. The molecule has 1 aromatic rings. The summed E-state index contributed by atoms with van der Waals surface area (Å²) in [5.74, 6) is -0.317. The van der Waals surface area contributed by atoms with Crippen molar-refractivity contribution in [3.8, 4) is 0 Å².